The van der Waals surface area contributed by atoms with Gasteiger partial charge in [-0.25, -0.2) is 9.18 Å². The van der Waals surface area contributed by atoms with E-state index in [2.05, 4.69) is 11.2 Å². The van der Waals surface area contributed by atoms with Crippen molar-refractivity contribution in [3.63, 3.8) is 0 Å². The summed E-state index contributed by atoms with van der Waals surface area (Å²) in [7, 11) is 0. The zero-order valence-corrected chi connectivity index (χ0v) is 14.6. The molecule has 2 aromatic carbocycles. The van der Waals surface area contributed by atoms with Gasteiger partial charge in [0, 0.05) is 24.1 Å². The third-order valence-corrected chi connectivity index (χ3v) is 4.55. The van der Waals surface area contributed by atoms with E-state index in [0.29, 0.717) is 13.2 Å². The Balaban J connectivity index is 1.66. The van der Waals surface area contributed by atoms with E-state index in [1.54, 1.807) is 12.1 Å². The lowest BCUT2D eigenvalue weighted by Crippen LogP contribution is -2.46. The molecular formula is C21H21FN2O2. The first-order valence-corrected chi connectivity index (χ1v) is 8.53. The number of nitrogens with zero attached hydrogens (tertiary/aromatic N) is 1. The number of hydrogen-bond donors (Lipinski definition) is 1. The molecule has 0 aliphatic carbocycles. The van der Waals surface area contributed by atoms with Crippen molar-refractivity contribution in [3.05, 3.63) is 65.5 Å². The van der Waals surface area contributed by atoms with Crippen molar-refractivity contribution in [2.24, 2.45) is 0 Å². The molecule has 134 valence electrons. The SMILES string of the molecule is C#CCN(Cc1ccc(F)cc1)C(=O)N[C@H](C)[C@@H]1COc2ccccc21. The molecule has 0 saturated carbocycles. The van der Waals surface area contributed by atoms with E-state index in [4.69, 9.17) is 11.2 Å². The number of amides is 2. The van der Waals surface area contributed by atoms with Crippen LogP contribution in [0.3, 0.4) is 0 Å². The summed E-state index contributed by atoms with van der Waals surface area (Å²) in [5, 5.41) is 3.02. The van der Waals surface area contributed by atoms with Gasteiger partial charge in [-0.2, -0.15) is 0 Å². The first-order chi connectivity index (χ1) is 12.6. The second kappa shape index (κ2) is 7.92. The average molecular weight is 352 g/mol. The van der Waals surface area contributed by atoms with Crippen molar-refractivity contribution < 1.29 is 13.9 Å². The number of carbonyl (C=O) groups excluding carboxylic acids is 1. The van der Waals surface area contributed by atoms with E-state index in [1.807, 2.05) is 31.2 Å². The van der Waals surface area contributed by atoms with Crippen molar-refractivity contribution in [1.29, 1.82) is 0 Å². The Morgan fingerprint density at radius 3 is 2.81 bits per heavy atom. The second-order valence-corrected chi connectivity index (χ2v) is 6.38. The summed E-state index contributed by atoms with van der Waals surface area (Å²) < 4.78 is 18.8. The topological polar surface area (TPSA) is 41.6 Å². The molecule has 0 fully saturated rings. The van der Waals surface area contributed by atoms with Crippen LogP contribution in [0.25, 0.3) is 0 Å². The zero-order valence-electron chi connectivity index (χ0n) is 14.6. The molecule has 0 aromatic heterocycles. The molecule has 2 aromatic rings. The third kappa shape index (κ3) is 3.97. The Labute approximate surface area is 153 Å². The van der Waals surface area contributed by atoms with Gasteiger partial charge in [-0.05, 0) is 30.7 Å². The summed E-state index contributed by atoms with van der Waals surface area (Å²) in [4.78, 5) is 14.2. The summed E-state index contributed by atoms with van der Waals surface area (Å²) >= 11 is 0. The quantitative estimate of drug-likeness (QED) is 0.837. The van der Waals surface area contributed by atoms with Gasteiger partial charge in [-0.15, -0.1) is 6.42 Å². The number of benzene rings is 2. The molecule has 26 heavy (non-hydrogen) atoms. The van der Waals surface area contributed by atoms with Gasteiger partial charge in [-0.1, -0.05) is 36.3 Å². The highest BCUT2D eigenvalue weighted by atomic mass is 19.1. The van der Waals surface area contributed by atoms with Gasteiger partial charge in [0.1, 0.15) is 11.6 Å². The molecule has 2 atom stereocenters. The van der Waals surface area contributed by atoms with Crippen LogP contribution in [-0.2, 0) is 6.54 Å². The van der Waals surface area contributed by atoms with Gasteiger partial charge in [0.25, 0.3) is 0 Å². The largest absolute Gasteiger partial charge is 0.493 e. The minimum Gasteiger partial charge on any atom is -0.493 e. The van der Waals surface area contributed by atoms with Crippen LogP contribution in [0, 0.1) is 18.2 Å². The fraction of sp³-hybridized carbons (Fsp3) is 0.286. The highest BCUT2D eigenvalue weighted by Crippen LogP contribution is 2.35. The molecule has 3 rings (SSSR count). The smallest absolute Gasteiger partial charge is 0.318 e. The second-order valence-electron chi connectivity index (χ2n) is 6.38. The van der Waals surface area contributed by atoms with Crippen molar-refractivity contribution in [2.45, 2.75) is 25.4 Å². The molecular weight excluding hydrogens is 331 g/mol. The minimum absolute atomic E-state index is 0.0913. The number of fused-ring (bicyclic) bond motifs is 1. The Kier molecular flexibility index (Phi) is 5.43. The summed E-state index contributed by atoms with van der Waals surface area (Å²) in [6.45, 7) is 2.99. The summed E-state index contributed by atoms with van der Waals surface area (Å²) in [5.41, 5.74) is 1.92. The van der Waals surface area contributed by atoms with Crippen LogP contribution in [0.15, 0.2) is 48.5 Å². The first-order valence-electron chi connectivity index (χ1n) is 8.53. The van der Waals surface area contributed by atoms with Crippen LogP contribution in [0.2, 0.25) is 0 Å². The average Bonchev–Trinajstić information content (AvgIpc) is 3.07. The number of halogens is 1. The maximum Gasteiger partial charge on any atom is 0.318 e. The van der Waals surface area contributed by atoms with E-state index in [-0.39, 0.29) is 30.4 Å². The summed E-state index contributed by atoms with van der Waals surface area (Å²) in [5.74, 6) is 3.15. The van der Waals surface area contributed by atoms with Crippen molar-refractivity contribution in [1.82, 2.24) is 10.2 Å². The standard InChI is InChI=1S/C21H21FN2O2/c1-3-12-24(13-16-8-10-17(22)11-9-16)21(25)23-15(2)19-14-26-20-7-5-4-6-18(19)20/h1,4-11,15,19H,12-14H2,2H3,(H,23,25)/t15-,19+/m1/s1. The van der Waals surface area contributed by atoms with Crippen molar-refractivity contribution in [3.8, 4) is 18.1 Å². The van der Waals surface area contributed by atoms with E-state index in [0.717, 1.165) is 16.9 Å². The Morgan fingerprint density at radius 1 is 1.35 bits per heavy atom. The number of urea groups is 1. The predicted molar refractivity (Wildman–Crippen MR) is 98.3 cm³/mol. The van der Waals surface area contributed by atoms with Crippen LogP contribution in [0.1, 0.15) is 24.0 Å². The third-order valence-electron chi connectivity index (χ3n) is 4.55. The predicted octanol–water partition coefficient (Wildman–Crippen LogP) is 3.54. The Bertz CT molecular complexity index is 814. The van der Waals surface area contributed by atoms with E-state index in [9.17, 15) is 9.18 Å². The van der Waals surface area contributed by atoms with Crippen LogP contribution < -0.4 is 10.1 Å². The number of carbonyl (C=O) groups is 1. The molecule has 4 nitrogen and oxygen atoms in total. The normalized spacial score (nSPS) is 16.1. The number of nitrogens with one attached hydrogen (secondary N) is 1. The van der Waals surface area contributed by atoms with Gasteiger partial charge in [-0.3, -0.25) is 0 Å². The number of rotatable bonds is 5. The van der Waals surface area contributed by atoms with Gasteiger partial charge in [0.05, 0.1) is 13.2 Å². The van der Waals surface area contributed by atoms with E-state index in [1.165, 1.54) is 17.0 Å². The molecule has 1 aliphatic heterocycles. The van der Waals surface area contributed by atoms with Gasteiger partial charge < -0.3 is 15.0 Å². The fourth-order valence-corrected chi connectivity index (χ4v) is 3.11. The first kappa shape index (κ1) is 17.8. The summed E-state index contributed by atoms with van der Waals surface area (Å²) in [6.07, 6.45) is 5.41. The van der Waals surface area contributed by atoms with Crippen LogP contribution in [0.5, 0.6) is 5.75 Å². The van der Waals surface area contributed by atoms with Gasteiger partial charge >= 0.3 is 6.03 Å². The molecule has 0 bridgehead atoms. The fourth-order valence-electron chi connectivity index (χ4n) is 3.11. The lowest BCUT2D eigenvalue weighted by Gasteiger charge is -2.26. The highest BCUT2D eigenvalue weighted by Gasteiger charge is 2.30. The molecule has 1 heterocycles. The highest BCUT2D eigenvalue weighted by molar-refractivity contribution is 5.75. The molecule has 5 heteroatoms. The lowest BCUT2D eigenvalue weighted by atomic mass is 9.94. The minimum atomic E-state index is -0.310. The molecule has 1 aliphatic rings. The number of hydrogen-bond acceptors (Lipinski definition) is 2. The van der Waals surface area contributed by atoms with Crippen molar-refractivity contribution in [2.75, 3.05) is 13.2 Å². The van der Waals surface area contributed by atoms with Crippen LogP contribution in [-0.4, -0.2) is 30.1 Å². The zero-order chi connectivity index (χ0) is 18.5. The van der Waals surface area contributed by atoms with E-state index >= 15 is 0 Å². The molecule has 2 amide bonds. The number of ether oxygens (including phenoxy) is 1. The Morgan fingerprint density at radius 2 is 2.08 bits per heavy atom. The molecule has 0 radical (unpaired) electrons. The van der Waals surface area contributed by atoms with Crippen molar-refractivity contribution >= 4 is 6.03 Å². The monoisotopic (exact) mass is 352 g/mol. The lowest BCUT2D eigenvalue weighted by molar-refractivity contribution is 0.195. The van der Waals surface area contributed by atoms with E-state index < -0.39 is 0 Å². The molecule has 0 spiro atoms. The Hall–Kier alpha value is -3.00. The molecule has 0 saturated heterocycles. The molecule has 0 unspecified atom stereocenters. The molecule has 1 N–H and O–H groups in total. The maximum absolute atomic E-state index is 13.1. The maximum atomic E-state index is 13.1. The van der Waals surface area contributed by atoms with Gasteiger partial charge in [0.2, 0.25) is 0 Å². The van der Waals surface area contributed by atoms with Gasteiger partial charge in [0.15, 0.2) is 0 Å². The number of para-hydroxylation sites is 1. The summed E-state index contributed by atoms with van der Waals surface area (Å²) in [6, 6.07) is 13.5. The van der Waals surface area contributed by atoms with Crippen LogP contribution >= 0.6 is 0 Å². The van der Waals surface area contributed by atoms with Crippen LogP contribution in [0.4, 0.5) is 9.18 Å². The number of terminal acetylenes is 1.